The topological polar surface area (TPSA) is 54.3 Å². The van der Waals surface area contributed by atoms with E-state index in [0.29, 0.717) is 23.8 Å². The smallest absolute Gasteiger partial charge is 0.276 e. The predicted molar refractivity (Wildman–Crippen MR) is 110 cm³/mol. The van der Waals surface area contributed by atoms with Crippen LogP contribution >= 0.6 is 11.6 Å². The number of amides is 1. The molecule has 1 aliphatic rings. The summed E-state index contributed by atoms with van der Waals surface area (Å²) >= 11 is 5.95. The molecule has 1 amide bonds. The summed E-state index contributed by atoms with van der Waals surface area (Å²) in [5, 5.41) is 8.98. The molecule has 3 aromatic rings. The third-order valence-corrected chi connectivity index (χ3v) is 5.35. The van der Waals surface area contributed by atoms with Crippen molar-refractivity contribution >= 4 is 23.2 Å². The number of aryl methyl sites for hydroxylation is 1. The highest BCUT2D eigenvalue weighted by atomic mass is 35.5. The molecule has 0 atom stereocenters. The Kier molecular flexibility index (Phi) is 5.05. The van der Waals surface area contributed by atoms with Gasteiger partial charge in [0.05, 0.1) is 11.4 Å². The number of carbonyl (C=O) groups is 1. The molecule has 0 unspecified atom stereocenters. The van der Waals surface area contributed by atoms with E-state index in [1.807, 2.05) is 24.0 Å². The zero-order valence-electron chi connectivity index (χ0n) is 16.0. The van der Waals surface area contributed by atoms with Crippen LogP contribution in [0.2, 0.25) is 5.02 Å². The van der Waals surface area contributed by atoms with Gasteiger partial charge in [0.15, 0.2) is 5.69 Å². The van der Waals surface area contributed by atoms with Gasteiger partial charge in [-0.05, 0) is 55.8 Å². The fourth-order valence-corrected chi connectivity index (χ4v) is 3.62. The number of benzene rings is 2. The molecule has 4 rings (SSSR count). The van der Waals surface area contributed by atoms with Gasteiger partial charge in [-0.2, -0.15) is 0 Å². The van der Waals surface area contributed by atoms with Crippen LogP contribution in [0.3, 0.4) is 0 Å². The standard InChI is InChI=1S/C21H22ClN5O/c1-15-4-3-5-19(14-15)25-10-12-26(13-11-25)21(28)20-16(2)27(24-23-20)18-8-6-17(22)7-9-18/h3-9,14H,10-13H2,1-2H3. The van der Waals surface area contributed by atoms with Gasteiger partial charge in [0, 0.05) is 36.9 Å². The van der Waals surface area contributed by atoms with Gasteiger partial charge in [0.25, 0.3) is 5.91 Å². The summed E-state index contributed by atoms with van der Waals surface area (Å²) in [6.45, 7) is 6.90. The van der Waals surface area contributed by atoms with E-state index in [-0.39, 0.29) is 5.91 Å². The maximum Gasteiger partial charge on any atom is 0.276 e. The van der Waals surface area contributed by atoms with Crippen LogP contribution < -0.4 is 4.90 Å². The first-order valence-corrected chi connectivity index (χ1v) is 9.70. The van der Waals surface area contributed by atoms with Crippen molar-refractivity contribution in [2.24, 2.45) is 0 Å². The molecule has 6 nitrogen and oxygen atoms in total. The van der Waals surface area contributed by atoms with Crippen molar-refractivity contribution < 1.29 is 4.79 Å². The van der Waals surface area contributed by atoms with Crippen molar-refractivity contribution in [2.45, 2.75) is 13.8 Å². The highest BCUT2D eigenvalue weighted by Gasteiger charge is 2.26. The lowest BCUT2D eigenvalue weighted by molar-refractivity contribution is 0.0740. The Hall–Kier alpha value is -2.86. The molecule has 0 bridgehead atoms. The van der Waals surface area contributed by atoms with Gasteiger partial charge >= 0.3 is 0 Å². The number of hydrogen-bond donors (Lipinski definition) is 0. The van der Waals surface area contributed by atoms with Crippen molar-refractivity contribution in [2.75, 3.05) is 31.1 Å². The number of aromatic nitrogens is 3. The molecule has 1 fully saturated rings. The fourth-order valence-electron chi connectivity index (χ4n) is 3.50. The Morgan fingerprint density at radius 1 is 0.964 bits per heavy atom. The van der Waals surface area contributed by atoms with E-state index in [2.05, 4.69) is 46.4 Å². The number of hydrogen-bond acceptors (Lipinski definition) is 4. The highest BCUT2D eigenvalue weighted by Crippen LogP contribution is 2.20. The fraction of sp³-hybridized carbons (Fsp3) is 0.286. The second-order valence-electron chi connectivity index (χ2n) is 7.03. The molecule has 144 valence electrons. The van der Waals surface area contributed by atoms with E-state index in [1.165, 1.54) is 11.3 Å². The van der Waals surface area contributed by atoms with Crippen LogP contribution in [-0.2, 0) is 0 Å². The minimum Gasteiger partial charge on any atom is -0.368 e. The molecule has 1 aromatic heterocycles. The summed E-state index contributed by atoms with van der Waals surface area (Å²) in [6.07, 6.45) is 0. The van der Waals surface area contributed by atoms with Crippen molar-refractivity contribution in [3.63, 3.8) is 0 Å². The van der Waals surface area contributed by atoms with Crippen LogP contribution in [-0.4, -0.2) is 52.0 Å². The molecule has 0 N–H and O–H groups in total. The molecule has 0 radical (unpaired) electrons. The van der Waals surface area contributed by atoms with E-state index >= 15 is 0 Å². The van der Waals surface area contributed by atoms with Gasteiger partial charge in [0.2, 0.25) is 0 Å². The first-order valence-electron chi connectivity index (χ1n) is 9.32. The van der Waals surface area contributed by atoms with E-state index in [4.69, 9.17) is 11.6 Å². The Morgan fingerprint density at radius 3 is 2.36 bits per heavy atom. The Morgan fingerprint density at radius 2 is 1.68 bits per heavy atom. The van der Waals surface area contributed by atoms with E-state index in [1.54, 1.807) is 16.8 Å². The van der Waals surface area contributed by atoms with Crippen molar-refractivity contribution in [1.82, 2.24) is 19.9 Å². The van der Waals surface area contributed by atoms with Gasteiger partial charge in [-0.25, -0.2) is 4.68 Å². The third kappa shape index (κ3) is 3.60. The van der Waals surface area contributed by atoms with Crippen molar-refractivity contribution in [3.05, 3.63) is 70.5 Å². The quantitative estimate of drug-likeness (QED) is 0.681. The second kappa shape index (κ2) is 7.64. The summed E-state index contributed by atoms with van der Waals surface area (Å²) < 4.78 is 1.67. The zero-order valence-corrected chi connectivity index (χ0v) is 16.7. The first kappa shape index (κ1) is 18.5. The molecular formula is C21H22ClN5O. The van der Waals surface area contributed by atoms with Gasteiger partial charge in [0.1, 0.15) is 0 Å². The lowest BCUT2D eigenvalue weighted by atomic mass is 10.2. The van der Waals surface area contributed by atoms with E-state index < -0.39 is 0 Å². The molecule has 2 heterocycles. The lowest BCUT2D eigenvalue weighted by Gasteiger charge is -2.36. The molecule has 28 heavy (non-hydrogen) atoms. The third-order valence-electron chi connectivity index (χ3n) is 5.10. The lowest BCUT2D eigenvalue weighted by Crippen LogP contribution is -2.49. The zero-order chi connectivity index (χ0) is 19.7. The Labute approximate surface area is 169 Å². The van der Waals surface area contributed by atoms with E-state index in [0.717, 1.165) is 24.5 Å². The molecule has 2 aromatic carbocycles. The summed E-state index contributed by atoms with van der Waals surface area (Å²) in [7, 11) is 0. The number of piperazine rings is 1. The maximum absolute atomic E-state index is 13.0. The van der Waals surface area contributed by atoms with Crippen molar-refractivity contribution in [3.8, 4) is 5.69 Å². The molecule has 1 saturated heterocycles. The maximum atomic E-state index is 13.0. The minimum atomic E-state index is -0.0680. The summed E-state index contributed by atoms with van der Waals surface area (Å²) in [5.41, 5.74) is 4.41. The number of carbonyl (C=O) groups excluding carboxylic acids is 1. The minimum absolute atomic E-state index is 0.0680. The van der Waals surface area contributed by atoms with Crippen molar-refractivity contribution in [1.29, 1.82) is 0 Å². The van der Waals surface area contributed by atoms with Crippen LogP contribution in [0.25, 0.3) is 5.69 Å². The van der Waals surface area contributed by atoms with Gasteiger partial charge in [-0.3, -0.25) is 4.79 Å². The number of nitrogens with zero attached hydrogens (tertiary/aromatic N) is 5. The molecular weight excluding hydrogens is 374 g/mol. The largest absolute Gasteiger partial charge is 0.368 e. The predicted octanol–water partition coefficient (Wildman–Crippen LogP) is 3.50. The SMILES string of the molecule is Cc1cccc(N2CCN(C(=O)c3nnn(-c4ccc(Cl)cc4)c3C)CC2)c1. The Balaban J connectivity index is 1.46. The average Bonchev–Trinajstić information content (AvgIpc) is 3.09. The molecule has 0 spiro atoms. The second-order valence-corrected chi connectivity index (χ2v) is 7.47. The molecule has 7 heteroatoms. The van der Waals surface area contributed by atoms with Gasteiger partial charge in [-0.1, -0.05) is 28.9 Å². The average molecular weight is 396 g/mol. The van der Waals surface area contributed by atoms with Crippen LogP contribution in [0.5, 0.6) is 0 Å². The normalized spacial score (nSPS) is 14.4. The van der Waals surface area contributed by atoms with Gasteiger partial charge in [-0.15, -0.1) is 5.10 Å². The monoisotopic (exact) mass is 395 g/mol. The number of rotatable bonds is 3. The molecule has 1 aliphatic heterocycles. The summed E-state index contributed by atoms with van der Waals surface area (Å²) in [4.78, 5) is 17.2. The Bertz CT molecular complexity index is 990. The summed E-state index contributed by atoms with van der Waals surface area (Å²) in [5.74, 6) is -0.0680. The van der Waals surface area contributed by atoms with E-state index in [9.17, 15) is 4.79 Å². The van der Waals surface area contributed by atoms with Crippen LogP contribution in [0.4, 0.5) is 5.69 Å². The van der Waals surface area contributed by atoms with Crippen LogP contribution in [0, 0.1) is 13.8 Å². The van der Waals surface area contributed by atoms with Crippen LogP contribution in [0.1, 0.15) is 21.7 Å². The van der Waals surface area contributed by atoms with Gasteiger partial charge < -0.3 is 9.80 Å². The number of halogens is 1. The molecule has 0 saturated carbocycles. The van der Waals surface area contributed by atoms with Crippen LogP contribution in [0.15, 0.2) is 48.5 Å². The first-order chi connectivity index (χ1) is 13.5. The summed E-state index contributed by atoms with van der Waals surface area (Å²) in [6, 6.07) is 15.8. The number of anilines is 1. The highest BCUT2D eigenvalue weighted by molar-refractivity contribution is 6.30. The molecule has 0 aliphatic carbocycles.